The molecule has 1 amide bonds. The first-order valence-corrected chi connectivity index (χ1v) is 22.4. The van der Waals surface area contributed by atoms with E-state index in [0.717, 1.165) is 38.5 Å². The van der Waals surface area contributed by atoms with Crippen molar-refractivity contribution in [2.75, 3.05) is 19.6 Å². The summed E-state index contributed by atoms with van der Waals surface area (Å²) < 4.78 is 5.94. The van der Waals surface area contributed by atoms with E-state index in [0.29, 0.717) is 71.0 Å². The lowest BCUT2D eigenvalue weighted by Gasteiger charge is -2.63. The minimum Gasteiger partial charge on any atom is -0.480 e. The highest BCUT2D eigenvalue weighted by molar-refractivity contribution is 6.40. The van der Waals surface area contributed by atoms with E-state index in [1.165, 1.54) is 0 Å². The average molecular weight is 806 g/mol. The van der Waals surface area contributed by atoms with E-state index in [4.69, 9.17) is 20.5 Å². The van der Waals surface area contributed by atoms with Gasteiger partial charge in [-0.3, -0.25) is 9.59 Å². The predicted octanol–water partition coefficient (Wildman–Crippen LogP) is 3.72. The number of piperidine rings is 1. The number of amides is 1. The Bertz CT molecular complexity index is 1370. The van der Waals surface area contributed by atoms with Gasteiger partial charge in [-0.2, -0.15) is 0 Å². The quantitative estimate of drug-likeness (QED) is 0.0564. The van der Waals surface area contributed by atoms with E-state index in [1.54, 1.807) is 0 Å². The number of esters is 1. The average Bonchev–Trinajstić information content (AvgIpc) is 3.51. The summed E-state index contributed by atoms with van der Waals surface area (Å²) in [5.74, 6) is -0.517. The number of rotatable bonds is 18. The Labute approximate surface area is 341 Å². The van der Waals surface area contributed by atoms with Crippen LogP contribution >= 0.6 is 0 Å². The number of carboxylic acid groups (broad SMARTS) is 1. The van der Waals surface area contributed by atoms with Crippen molar-refractivity contribution in [3.8, 4) is 0 Å². The fourth-order valence-corrected chi connectivity index (χ4v) is 12.6. The van der Waals surface area contributed by atoms with Crippen LogP contribution in [0.15, 0.2) is 0 Å². The maximum atomic E-state index is 13.4. The smallest absolute Gasteiger partial charge is 0.451 e. The van der Waals surface area contributed by atoms with Crippen molar-refractivity contribution in [1.82, 2.24) is 10.2 Å². The molecule has 9 N–H and O–H groups in total. The molecule has 4 aliphatic carbocycles. The van der Waals surface area contributed by atoms with Crippen LogP contribution in [-0.2, 0) is 19.1 Å². The second-order valence-corrected chi connectivity index (χ2v) is 20.1. The van der Waals surface area contributed by atoms with Gasteiger partial charge in [0.2, 0.25) is 5.91 Å². The summed E-state index contributed by atoms with van der Waals surface area (Å²) in [6.07, 6.45) is 8.93. The minimum absolute atomic E-state index is 0.0262. The number of fused-ring (bicyclic) bond motifs is 5. The van der Waals surface area contributed by atoms with Crippen molar-refractivity contribution in [3.63, 3.8) is 0 Å². The van der Waals surface area contributed by atoms with E-state index in [2.05, 4.69) is 31.0 Å². The van der Waals surface area contributed by atoms with Gasteiger partial charge < -0.3 is 51.2 Å². The number of aliphatic hydroxyl groups excluding tert-OH is 3. The number of nitrogens with two attached hydrogens (primary N) is 1. The molecule has 4 saturated carbocycles. The Morgan fingerprint density at radius 3 is 2.26 bits per heavy atom. The lowest BCUT2D eigenvalue weighted by Crippen LogP contribution is -2.62. The molecule has 13 atom stereocenters. The maximum Gasteiger partial charge on any atom is 0.451 e. The normalized spacial score (nSPS) is 36.6. The third kappa shape index (κ3) is 10.4. The molecule has 57 heavy (non-hydrogen) atoms. The van der Waals surface area contributed by atoms with Crippen LogP contribution in [0.2, 0.25) is 6.32 Å². The van der Waals surface area contributed by atoms with Gasteiger partial charge in [-0.15, -0.1) is 0 Å². The number of likely N-dealkylation sites (tertiary alicyclic amines) is 1. The van der Waals surface area contributed by atoms with Gasteiger partial charge in [-0.25, -0.2) is 4.79 Å². The second kappa shape index (κ2) is 19.3. The summed E-state index contributed by atoms with van der Waals surface area (Å²) in [5, 5.41) is 64.8. The molecular weight excluding hydrogens is 729 g/mol. The Morgan fingerprint density at radius 2 is 1.61 bits per heavy atom. The van der Waals surface area contributed by atoms with Crippen LogP contribution in [0.25, 0.3) is 0 Å². The lowest BCUT2D eigenvalue weighted by molar-refractivity contribution is -0.207. The summed E-state index contributed by atoms with van der Waals surface area (Å²) in [7, 11) is -1.40. The molecule has 0 spiro atoms. The van der Waals surface area contributed by atoms with Gasteiger partial charge in [0.1, 0.15) is 17.7 Å². The van der Waals surface area contributed by atoms with E-state index in [-0.39, 0.29) is 89.5 Å². The largest absolute Gasteiger partial charge is 0.480 e. The van der Waals surface area contributed by atoms with E-state index < -0.39 is 42.8 Å². The first-order valence-electron chi connectivity index (χ1n) is 22.4. The molecule has 1 unspecified atom stereocenters. The van der Waals surface area contributed by atoms with Crippen molar-refractivity contribution in [2.24, 2.45) is 58.0 Å². The van der Waals surface area contributed by atoms with Gasteiger partial charge in [-0.05, 0) is 149 Å². The van der Waals surface area contributed by atoms with Crippen LogP contribution in [0.5, 0.6) is 0 Å². The van der Waals surface area contributed by atoms with Crippen molar-refractivity contribution in [3.05, 3.63) is 0 Å². The molecule has 1 saturated heterocycles. The monoisotopic (exact) mass is 806 g/mol. The first-order chi connectivity index (χ1) is 26.8. The van der Waals surface area contributed by atoms with Gasteiger partial charge >= 0.3 is 19.1 Å². The highest BCUT2D eigenvalue weighted by atomic mass is 16.5. The van der Waals surface area contributed by atoms with Crippen LogP contribution in [0.1, 0.15) is 137 Å². The molecule has 0 radical (unpaired) electrons. The number of carbonyl (C=O) groups is 3. The molecule has 14 heteroatoms. The van der Waals surface area contributed by atoms with E-state index >= 15 is 0 Å². The molecule has 1 heterocycles. The summed E-state index contributed by atoms with van der Waals surface area (Å²) in [4.78, 5) is 40.9. The Morgan fingerprint density at radius 1 is 0.930 bits per heavy atom. The number of nitrogens with one attached hydrogen (secondary N) is 1. The van der Waals surface area contributed by atoms with Crippen LogP contribution in [-0.4, -0.2) is 116 Å². The number of unbranched alkanes of at least 4 members (excludes halogenated alkanes) is 1. The lowest BCUT2D eigenvalue weighted by atomic mass is 9.43. The van der Waals surface area contributed by atoms with Crippen LogP contribution in [0, 0.1) is 52.3 Å². The summed E-state index contributed by atoms with van der Waals surface area (Å²) in [5.41, 5.74) is 4.56. The summed E-state index contributed by atoms with van der Waals surface area (Å²) in [6, 6.07) is -0.760. The van der Waals surface area contributed by atoms with Crippen molar-refractivity contribution in [2.45, 2.75) is 180 Å². The highest BCUT2D eigenvalue weighted by Gasteiger charge is 2.65. The number of nitrogens with zero attached hydrogens (tertiary/aromatic N) is 1. The van der Waals surface area contributed by atoms with Gasteiger partial charge in [0.15, 0.2) is 0 Å². The fourth-order valence-electron chi connectivity index (χ4n) is 12.6. The van der Waals surface area contributed by atoms with Crippen LogP contribution < -0.4 is 11.1 Å². The van der Waals surface area contributed by atoms with Crippen LogP contribution in [0.4, 0.5) is 0 Å². The zero-order chi connectivity index (χ0) is 41.9. The number of aliphatic carboxylic acids is 1. The zero-order valence-corrected chi connectivity index (χ0v) is 35.5. The third-order valence-electron chi connectivity index (χ3n) is 16.3. The first kappa shape index (κ1) is 46.3. The molecule has 13 nitrogen and oxygen atoms in total. The molecular formula is C43H76BN3O10. The summed E-state index contributed by atoms with van der Waals surface area (Å²) >= 11 is 0. The van der Waals surface area contributed by atoms with E-state index in [1.807, 2.05) is 13.8 Å². The van der Waals surface area contributed by atoms with Gasteiger partial charge in [0.25, 0.3) is 0 Å². The van der Waals surface area contributed by atoms with Crippen molar-refractivity contribution >= 4 is 25.0 Å². The number of hydrogen-bond donors (Lipinski definition) is 8. The molecule has 5 aliphatic rings. The van der Waals surface area contributed by atoms with Gasteiger partial charge in [0, 0.05) is 19.5 Å². The summed E-state index contributed by atoms with van der Waals surface area (Å²) in [6.45, 7) is 12.7. The van der Waals surface area contributed by atoms with Crippen molar-refractivity contribution in [1.29, 1.82) is 0 Å². The Hall–Kier alpha value is -1.81. The molecule has 0 bridgehead atoms. The highest BCUT2D eigenvalue weighted by Crippen LogP contribution is 2.68. The van der Waals surface area contributed by atoms with Gasteiger partial charge in [-0.1, -0.05) is 47.5 Å². The fraction of sp³-hybridized carbons (Fsp3) is 0.930. The topological polar surface area (TPSA) is 223 Å². The SMILES string of the molecule is CC(C)[C@H](NC(=O)CC[C@@H](C)[C@H]1CC[C@H]2[C@@H]3[C@H](O)C[C@@H]4C[C@H](O)CC[C@]4(C)[C@H]3C[C@H](O)[C@]12C)C(=O)OC1CCN(CCCC(N)(CCCCB(O)O)C(=O)O)CC1. The standard InChI is InChI=1S/C43H76BN3O10/c1-26(2)38(39(52)57-30-14-21-47(22-15-30)20-8-17-43(45,40(53)54)16-6-7-19-44(55)56)46-36(51)12-9-27(3)31-10-11-32-37-33(25-35(50)42(31,32)5)41(4)18-13-29(48)23-28(41)24-34(37)49/h26-35,37-38,48-50,55-56H,6-25,45H2,1-5H3,(H,46,51)(H,53,54)/t27-,28+,29-,31-,32+,33+,34-,35+,37+,38+,41+,42-,43?/m1/s1. The van der Waals surface area contributed by atoms with E-state index in [9.17, 15) is 34.8 Å². The molecule has 0 aromatic carbocycles. The third-order valence-corrected chi connectivity index (χ3v) is 16.3. The molecule has 1 aliphatic heterocycles. The Balaban J connectivity index is 1.06. The second-order valence-electron chi connectivity index (χ2n) is 20.1. The predicted molar refractivity (Wildman–Crippen MR) is 217 cm³/mol. The number of carboxylic acids is 1. The maximum absolute atomic E-state index is 13.4. The molecule has 5 rings (SSSR count). The minimum atomic E-state index is -1.40. The number of carbonyl (C=O) groups excluding carboxylic acids is 2. The van der Waals surface area contributed by atoms with Crippen molar-refractivity contribution < 1.29 is 49.6 Å². The molecule has 326 valence electrons. The van der Waals surface area contributed by atoms with Gasteiger partial charge in [0.05, 0.1) is 18.3 Å². The number of aliphatic hydroxyl groups is 3. The molecule has 5 fully saturated rings. The van der Waals surface area contributed by atoms with Crippen LogP contribution in [0.3, 0.4) is 0 Å². The Kier molecular flexibility index (Phi) is 15.6. The number of hydrogen-bond acceptors (Lipinski definition) is 11. The molecule has 0 aromatic rings. The number of ether oxygens (including phenoxy) is 1. The zero-order valence-electron chi connectivity index (χ0n) is 35.5. The molecule has 0 aromatic heterocycles.